The van der Waals surface area contributed by atoms with Gasteiger partial charge in [0.05, 0.1) is 5.92 Å². The number of amidine groups is 1. The molecule has 0 radical (unpaired) electrons. The summed E-state index contributed by atoms with van der Waals surface area (Å²) in [6, 6.07) is 9.68. The van der Waals surface area contributed by atoms with Crippen LogP contribution in [0.5, 0.6) is 0 Å². The van der Waals surface area contributed by atoms with Crippen LogP contribution >= 0.6 is 0 Å². The van der Waals surface area contributed by atoms with Crippen LogP contribution in [0.1, 0.15) is 23.2 Å². The minimum absolute atomic E-state index is 0.178. The first kappa shape index (κ1) is 15.0. The summed E-state index contributed by atoms with van der Waals surface area (Å²) in [5, 5.41) is 19.1. The molecule has 0 bridgehead atoms. The van der Waals surface area contributed by atoms with E-state index in [9.17, 15) is 0 Å². The molecule has 0 fully saturated rings. The summed E-state index contributed by atoms with van der Waals surface area (Å²) in [6.45, 7) is 3.01. The number of nitrogens with two attached hydrogens (primary N) is 1. The van der Waals surface area contributed by atoms with Gasteiger partial charge in [0.25, 0.3) is 0 Å². The molecule has 4 N–H and O–H groups in total. The van der Waals surface area contributed by atoms with Gasteiger partial charge in [-0.25, -0.2) is 0 Å². The first-order valence-electron chi connectivity index (χ1n) is 6.73. The highest BCUT2D eigenvalue weighted by molar-refractivity contribution is 5.87. The molecule has 0 aliphatic carbocycles. The molecule has 7 nitrogen and oxygen atoms in total. The third-order valence-corrected chi connectivity index (χ3v) is 3.12. The zero-order chi connectivity index (χ0) is 15.1. The molecule has 0 saturated heterocycles. The lowest BCUT2D eigenvalue weighted by Gasteiger charge is -2.16. The van der Waals surface area contributed by atoms with Crippen LogP contribution in [-0.2, 0) is 6.42 Å². The molecule has 0 aliphatic rings. The average molecular weight is 289 g/mol. The Kier molecular flexibility index (Phi) is 5.28. The van der Waals surface area contributed by atoms with Gasteiger partial charge in [-0.2, -0.15) is 4.98 Å². The normalized spacial score (nSPS) is 13.3. The van der Waals surface area contributed by atoms with E-state index in [-0.39, 0.29) is 11.8 Å². The van der Waals surface area contributed by atoms with Gasteiger partial charge in [-0.05, 0) is 5.56 Å². The monoisotopic (exact) mass is 289 g/mol. The minimum Gasteiger partial charge on any atom is -0.409 e. The predicted molar refractivity (Wildman–Crippen MR) is 78.2 cm³/mol. The average Bonchev–Trinajstić information content (AvgIpc) is 2.93. The Labute approximate surface area is 122 Å². The molecule has 0 amide bonds. The molecular weight excluding hydrogens is 270 g/mol. The van der Waals surface area contributed by atoms with Crippen LogP contribution in [0.15, 0.2) is 40.0 Å². The molecule has 21 heavy (non-hydrogen) atoms. The van der Waals surface area contributed by atoms with Gasteiger partial charge >= 0.3 is 0 Å². The fourth-order valence-corrected chi connectivity index (χ4v) is 2.04. The van der Waals surface area contributed by atoms with Crippen molar-refractivity contribution in [2.24, 2.45) is 10.9 Å². The van der Waals surface area contributed by atoms with Gasteiger partial charge in [-0.15, -0.1) is 0 Å². The molecule has 1 unspecified atom stereocenters. The van der Waals surface area contributed by atoms with Gasteiger partial charge in [0.1, 0.15) is 5.84 Å². The van der Waals surface area contributed by atoms with Crippen molar-refractivity contribution in [3.8, 4) is 0 Å². The summed E-state index contributed by atoms with van der Waals surface area (Å²) in [7, 11) is 0. The van der Waals surface area contributed by atoms with Crippen LogP contribution in [-0.4, -0.2) is 34.3 Å². The SMILES string of the molecule is Cc1nc(CCNCC(/C(N)=N/O)c2ccccc2)no1. The van der Waals surface area contributed by atoms with Gasteiger partial charge in [0.2, 0.25) is 5.89 Å². The highest BCUT2D eigenvalue weighted by atomic mass is 16.5. The number of nitrogens with zero attached hydrogens (tertiary/aromatic N) is 3. The number of aromatic nitrogens is 2. The second-order valence-electron chi connectivity index (χ2n) is 4.67. The Morgan fingerprint density at radius 1 is 1.43 bits per heavy atom. The maximum Gasteiger partial charge on any atom is 0.223 e. The molecule has 112 valence electrons. The lowest BCUT2D eigenvalue weighted by atomic mass is 9.98. The highest BCUT2D eigenvalue weighted by Gasteiger charge is 2.16. The van der Waals surface area contributed by atoms with Crippen molar-refractivity contribution in [3.63, 3.8) is 0 Å². The first-order chi connectivity index (χ1) is 10.2. The minimum atomic E-state index is -0.178. The van der Waals surface area contributed by atoms with Crippen molar-refractivity contribution in [1.29, 1.82) is 0 Å². The number of hydrogen-bond donors (Lipinski definition) is 3. The zero-order valence-corrected chi connectivity index (χ0v) is 11.9. The van der Waals surface area contributed by atoms with Crippen molar-refractivity contribution >= 4 is 5.84 Å². The van der Waals surface area contributed by atoms with Crippen molar-refractivity contribution < 1.29 is 9.73 Å². The molecule has 1 atom stereocenters. The standard InChI is InChI=1S/C14H19N5O2/c1-10-17-13(19-21-10)7-8-16-9-12(14(15)18-20)11-5-3-2-4-6-11/h2-6,12,16,20H,7-9H2,1H3,(H2,15,18). The van der Waals surface area contributed by atoms with Gasteiger partial charge < -0.3 is 20.8 Å². The number of rotatable bonds is 7. The Morgan fingerprint density at radius 3 is 2.81 bits per heavy atom. The second-order valence-corrected chi connectivity index (χ2v) is 4.67. The van der Waals surface area contributed by atoms with Crippen molar-refractivity contribution in [2.75, 3.05) is 13.1 Å². The van der Waals surface area contributed by atoms with Crippen LogP contribution in [0.2, 0.25) is 0 Å². The maximum absolute atomic E-state index is 8.91. The third-order valence-electron chi connectivity index (χ3n) is 3.12. The predicted octanol–water partition coefficient (Wildman–Crippen LogP) is 1.04. The van der Waals surface area contributed by atoms with Gasteiger partial charge in [-0.3, -0.25) is 0 Å². The maximum atomic E-state index is 8.91. The number of aryl methyl sites for hydroxylation is 1. The summed E-state index contributed by atoms with van der Waals surface area (Å²) >= 11 is 0. The molecule has 1 heterocycles. The fraction of sp³-hybridized carbons (Fsp3) is 0.357. The van der Waals surface area contributed by atoms with Crippen LogP contribution in [0, 0.1) is 6.92 Å². The number of nitrogens with one attached hydrogen (secondary N) is 1. The smallest absolute Gasteiger partial charge is 0.223 e. The van der Waals surface area contributed by atoms with E-state index in [0.29, 0.717) is 31.2 Å². The highest BCUT2D eigenvalue weighted by Crippen LogP contribution is 2.14. The summed E-state index contributed by atoms with van der Waals surface area (Å²) in [6.07, 6.45) is 0.662. The molecule has 0 saturated carbocycles. The zero-order valence-electron chi connectivity index (χ0n) is 11.9. The molecule has 1 aromatic carbocycles. The van der Waals surface area contributed by atoms with Crippen molar-refractivity contribution in [3.05, 3.63) is 47.6 Å². The molecule has 1 aromatic heterocycles. The van der Waals surface area contributed by atoms with E-state index in [1.54, 1.807) is 6.92 Å². The molecule has 0 aliphatic heterocycles. The van der Waals surface area contributed by atoms with E-state index < -0.39 is 0 Å². The Bertz CT molecular complexity index is 582. The van der Waals surface area contributed by atoms with Gasteiger partial charge in [0, 0.05) is 26.4 Å². The Morgan fingerprint density at radius 2 is 2.19 bits per heavy atom. The largest absolute Gasteiger partial charge is 0.409 e. The van der Waals surface area contributed by atoms with Crippen molar-refractivity contribution in [1.82, 2.24) is 15.5 Å². The number of oxime groups is 1. The van der Waals surface area contributed by atoms with Gasteiger partial charge in [-0.1, -0.05) is 40.6 Å². The summed E-state index contributed by atoms with van der Waals surface area (Å²) in [5.74, 6) is 1.23. The van der Waals surface area contributed by atoms with Gasteiger partial charge in [0.15, 0.2) is 5.82 Å². The molecular formula is C14H19N5O2. The van der Waals surface area contributed by atoms with E-state index in [2.05, 4.69) is 20.6 Å². The topological polar surface area (TPSA) is 110 Å². The van der Waals surface area contributed by atoms with Crippen LogP contribution < -0.4 is 11.1 Å². The number of hydrogen-bond acceptors (Lipinski definition) is 6. The lowest BCUT2D eigenvalue weighted by Crippen LogP contribution is -2.32. The Hall–Kier alpha value is -2.41. The van der Waals surface area contributed by atoms with Crippen molar-refractivity contribution in [2.45, 2.75) is 19.3 Å². The fourth-order valence-electron chi connectivity index (χ4n) is 2.04. The van der Waals surface area contributed by atoms with E-state index in [4.69, 9.17) is 15.5 Å². The Balaban J connectivity index is 1.88. The molecule has 0 spiro atoms. The summed E-state index contributed by atoms with van der Waals surface area (Å²) < 4.78 is 4.91. The van der Waals surface area contributed by atoms with E-state index >= 15 is 0 Å². The van der Waals surface area contributed by atoms with Crippen LogP contribution in [0.4, 0.5) is 0 Å². The molecule has 7 heteroatoms. The quantitative estimate of drug-likeness (QED) is 0.231. The van der Waals surface area contributed by atoms with E-state index in [1.807, 2.05) is 30.3 Å². The van der Waals surface area contributed by atoms with E-state index in [1.165, 1.54) is 0 Å². The first-order valence-corrected chi connectivity index (χ1v) is 6.73. The lowest BCUT2D eigenvalue weighted by molar-refractivity contribution is 0.315. The molecule has 2 aromatic rings. The molecule has 2 rings (SSSR count). The third kappa shape index (κ3) is 4.28. The van der Waals surface area contributed by atoms with E-state index in [0.717, 1.165) is 5.56 Å². The second kappa shape index (κ2) is 7.39. The van der Waals surface area contributed by atoms with Crippen LogP contribution in [0.3, 0.4) is 0 Å². The number of benzene rings is 1. The van der Waals surface area contributed by atoms with Crippen LogP contribution in [0.25, 0.3) is 0 Å². The summed E-state index contributed by atoms with van der Waals surface area (Å²) in [4.78, 5) is 4.13. The summed E-state index contributed by atoms with van der Waals surface area (Å²) in [5.41, 5.74) is 6.76.